The zero-order chi connectivity index (χ0) is 15.0. The highest BCUT2D eigenvalue weighted by Gasteiger charge is 2.24. The van der Waals surface area contributed by atoms with Crippen LogP contribution in [0.25, 0.3) is 5.69 Å². The van der Waals surface area contributed by atoms with Crippen molar-refractivity contribution in [2.45, 2.75) is 20.3 Å². The normalized spacial score (nSPS) is 14.3. The van der Waals surface area contributed by atoms with Crippen molar-refractivity contribution in [1.29, 1.82) is 0 Å². The molecule has 3 rings (SSSR count). The molecule has 6 heteroatoms. The topological polar surface area (TPSA) is 76.3 Å². The fraction of sp³-hybridized carbons (Fsp3) is 0.200. The molecular formula is C15H14N4O2. The Morgan fingerprint density at radius 2 is 2.10 bits per heavy atom. The number of pyridine rings is 1. The number of nitrogens with zero attached hydrogens (tertiary/aromatic N) is 3. The molecule has 0 saturated heterocycles. The molecule has 0 spiro atoms. The lowest BCUT2D eigenvalue weighted by Gasteiger charge is -2.09. The predicted octanol–water partition coefficient (Wildman–Crippen LogP) is 1.72. The summed E-state index contributed by atoms with van der Waals surface area (Å²) in [6.45, 7) is 3.97. The first-order valence-corrected chi connectivity index (χ1v) is 6.57. The van der Waals surface area contributed by atoms with Crippen molar-refractivity contribution in [3.05, 3.63) is 47.5 Å². The molecule has 0 bridgehead atoms. The van der Waals surface area contributed by atoms with Crippen molar-refractivity contribution in [2.24, 2.45) is 4.99 Å². The summed E-state index contributed by atoms with van der Waals surface area (Å²) in [6.07, 6.45) is 3.85. The molecular weight excluding hydrogens is 268 g/mol. The minimum atomic E-state index is -0.587. The average Bonchev–Trinajstić information content (AvgIpc) is 2.91. The molecule has 3 heterocycles. The first-order valence-electron chi connectivity index (χ1n) is 6.57. The van der Waals surface area contributed by atoms with E-state index in [0.717, 1.165) is 22.6 Å². The number of urea groups is 1. The van der Waals surface area contributed by atoms with Gasteiger partial charge in [-0.25, -0.2) is 4.79 Å². The second kappa shape index (κ2) is 4.97. The van der Waals surface area contributed by atoms with Crippen LogP contribution in [0.5, 0.6) is 0 Å². The fourth-order valence-corrected chi connectivity index (χ4v) is 2.56. The summed E-state index contributed by atoms with van der Waals surface area (Å²) in [4.78, 5) is 30.5. The van der Waals surface area contributed by atoms with Gasteiger partial charge in [0.1, 0.15) is 5.71 Å². The summed E-state index contributed by atoms with van der Waals surface area (Å²) in [5.41, 5.74) is 4.25. The van der Waals surface area contributed by atoms with Gasteiger partial charge in [-0.2, -0.15) is 4.99 Å². The van der Waals surface area contributed by atoms with Crippen molar-refractivity contribution in [3.8, 4) is 5.69 Å². The van der Waals surface area contributed by atoms with E-state index in [1.165, 1.54) is 0 Å². The van der Waals surface area contributed by atoms with Gasteiger partial charge in [-0.3, -0.25) is 15.1 Å². The van der Waals surface area contributed by atoms with Crippen LogP contribution in [0.1, 0.15) is 17.0 Å². The van der Waals surface area contributed by atoms with Crippen LogP contribution in [-0.2, 0) is 11.2 Å². The van der Waals surface area contributed by atoms with E-state index >= 15 is 0 Å². The maximum absolute atomic E-state index is 11.6. The number of aliphatic imine (C=N–C) groups is 1. The molecule has 2 aromatic heterocycles. The average molecular weight is 282 g/mol. The number of nitrogens with one attached hydrogen (secondary N) is 1. The summed E-state index contributed by atoms with van der Waals surface area (Å²) in [6, 6.07) is 5.26. The highest BCUT2D eigenvalue weighted by atomic mass is 16.2. The third-order valence-corrected chi connectivity index (χ3v) is 3.52. The molecule has 0 unspecified atom stereocenters. The molecule has 106 valence electrons. The molecule has 0 aromatic carbocycles. The number of aryl methyl sites for hydroxylation is 1. The summed E-state index contributed by atoms with van der Waals surface area (Å²) in [5, 5.41) is 2.16. The van der Waals surface area contributed by atoms with Crippen LogP contribution in [0.4, 0.5) is 4.79 Å². The molecule has 21 heavy (non-hydrogen) atoms. The van der Waals surface area contributed by atoms with E-state index in [1.807, 2.05) is 32.0 Å². The number of carbonyl (C=O) groups is 2. The summed E-state index contributed by atoms with van der Waals surface area (Å²) in [5.74, 6) is -0.411. The Bertz CT molecular complexity index is 759. The van der Waals surface area contributed by atoms with E-state index in [1.54, 1.807) is 12.4 Å². The van der Waals surface area contributed by atoms with Crippen molar-refractivity contribution < 1.29 is 9.59 Å². The monoisotopic (exact) mass is 282 g/mol. The van der Waals surface area contributed by atoms with Crippen molar-refractivity contribution in [1.82, 2.24) is 14.9 Å². The van der Waals surface area contributed by atoms with Crippen molar-refractivity contribution in [2.75, 3.05) is 0 Å². The number of hydrogen-bond acceptors (Lipinski definition) is 3. The molecule has 0 fully saturated rings. The Morgan fingerprint density at radius 3 is 2.71 bits per heavy atom. The van der Waals surface area contributed by atoms with E-state index in [4.69, 9.17) is 0 Å². The van der Waals surface area contributed by atoms with Crippen LogP contribution >= 0.6 is 0 Å². The molecule has 3 amide bonds. The van der Waals surface area contributed by atoms with Gasteiger partial charge in [-0.1, -0.05) is 0 Å². The zero-order valence-corrected chi connectivity index (χ0v) is 11.8. The Kier molecular flexibility index (Phi) is 3.13. The Hall–Kier alpha value is -2.76. The second-order valence-corrected chi connectivity index (χ2v) is 4.94. The number of imide groups is 1. The molecule has 0 atom stereocenters. The van der Waals surface area contributed by atoms with Crippen LogP contribution in [-0.4, -0.2) is 27.2 Å². The maximum Gasteiger partial charge on any atom is 0.348 e. The number of hydrogen-bond donors (Lipinski definition) is 1. The standard InChI is InChI=1S/C15H14N4O2/c1-9-6-11(7-13-14(20)18-15(21)17-13)10(2)19(9)12-4-3-5-16-8-12/h3-6,8H,7H2,1-2H3,(H,18,20,21). The molecule has 0 saturated carbocycles. The Morgan fingerprint density at radius 1 is 1.29 bits per heavy atom. The maximum atomic E-state index is 11.6. The predicted molar refractivity (Wildman–Crippen MR) is 77.7 cm³/mol. The SMILES string of the molecule is Cc1cc(CC2=NC(=O)NC2=O)c(C)n1-c1cccnc1. The van der Waals surface area contributed by atoms with Crippen LogP contribution in [0.2, 0.25) is 0 Å². The summed E-state index contributed by atoms with van der Waals surface area (Å²) >= 11 is 0. The Balaban J connectivity index is 1.97. The van der Waals surface area contributed by atoms with Crippen molar-refractivity contribution >= 4 is 17.6 Å². The third kappa shape index (κ3) is 2.35. The minimum absolute atomic E-state index is 0.256. The first-order chi connectivity index (χ1) is 10.1. The molecule has 2 aromatic rings. The van der Waals surface area contributed by atoms with E-state index in [2.05, 4.69) is 19.9 Å². The van der Waals surface area contributed by atoms with Crippen LogP contribution in [0.3, 0.4) is 0 Å². The number of carbonyl (C=O) groups excluding carboxylic acids is 2. The third-order valence-electron chi connectivity index (χ3n) is 3.52. The smallest absolute Gasteiger partial charge is 0.317 e. The number of aromatic nitrogens is 2. The fourth-order valence-electron chi connectivity index (χ4n) is 2.56. The number of amides is 3. The van der Waals surface area contributed by atoms with Crippen LogP contribution in [0, 0.1) is 13.8 Å². The van der Waals surface area contributed by atoms with E-state index in [-0.39, 0.29) is 5.71 Å². The zero-order valence-electron chi connectivity index (χ0n) is 11.8. The van der Waals surface area contributed by atoms with Gasteiger partial charge in [0.25, 0.3) is 5.91 Å². The van der Waals surface area contributed by atoms with E-state index in [0.29, 0.717) is 6.42 Å². The molecule has 1 aliphatic heterocycles. The quantitative estimate of drug-likeness (QED) is 0.931. The van der Waals surface area contributed by atoms with E-state index < -0.39 is 11.9 Å². The largest absolute Gasteiger partial charge is 0.348 e. The summed E-state index contributed by atoms with van der Waals surface area (Å²) in [7, 11) is 0. The van der Waals surface area contributed by atoms with Crippen LogP contribution in [0.15, 0.2) is 35.6 Å². The molecule has 1 N–H and O–H groups in total. The lowest BCUT2D eigenvalue weighted by Crippen LogP contribution is -2.26. The van der Waals surface area contributed by atoms with Gasteiger partial charge in [0.05, 0.1) is 11.9 Å². The lowest BCUT2D eigenvalue weighted by molar-refractivity contribution is -0.113. The highest BCUT2D eigenvalue weighted by molar-refractivity contribution is 6.46. The molecule has 6 nitrogen and oxygen atoms in total. The van der Waals surface area contributed by atoms with Gasteiger partial charge in [0, 0.05) is 24.0 Å². The molecule has 0 aliphatic carbocycles. The summed E-state index contributed by atoms with van der Waals surface area (Å²) < 4.78 is 2.07. The molecule has 0 radical (unpaired) electrons. The first kappa shape index (κ1) is 13.2. The second-order valence-electron chi connectivity index (χ2n) is 4.94. The highest BCUT2D eigenvalue weighted by Crippen LogP contribution is 2.21. The van der Waals surface area contributed by atoms with E-state index in [9.17, 15) is 9.59 Å². The minimum Gasteiger partial charge on any atom is -0.317 e. The number of rotatable bonds is 3. The van der Waals surface area contributed by atoms with Gasteiger partial charge in [-0.15, -0.1) is 0 Å². The van der Waals surface area contributed by atoms with Gasteiger partial charge in [0.2, 0.25) is 0 Å². The van der Waals surface area contributed by atoms with Crippen LogP contribution < -0.4 is 5.32 Å². The van der Waals surface area contributed by atoms with Gasteiger partial charge >= 0.3 is 6.03 Å². The van der Waals surface area contributed by atoms with Crippen molar-refractivity contribution in [3.63, 3.8) is 0 Å². The van der Waals surface area contributed by atoms with Gasteiger partial charge in [-0.05, 0) is 37.6 Å². The van der Waals surface area contributed by atoms with Gasteiger partial charge < -0.3 is 4.57 Å². The Labute approximate surface area is 121 Å². The lowest BCUT2D eigenvalue weighted by atomic mass is 10.1. The molecule has 1 aliphatic rings. The van der Waals surface area contributed by atoms with Gasteiger partial charge in [0.15, 0.2) is 0 Å².